The number of hydrogen-bond acceptors (Lipinski definition) is 2. The van der Waals surface area contributed by atoms with E-state index in [0.717, 1.165) is 6.54 Å². The highest BCUT2D eigenvalue weighted by atomic mass is 16.5. The van der Waals surface area contributed by atoms with Gasteiger partial charge in [0.1, 0.15) is 0 Å². The van der Waals surface area contributed by atoms with Gasteiger partial charge in [-0.15, -0.1) is 0 Å². The van der Waals surface area contributed by atoms with Crippen molar-refractivity contribution in [2.45, 2.75) is 51.3 Å². The lowest BCUT2D eigenvalue weighted by molar-refractivity contribution is 0.0413. The lowest BCUT2D eigenvalue weighted by atomic mass is 9.92. The second kappa shape index (κ2) is 6.18. The van der Waals surface area contributed by atoms with Crippen molar-refractivity contribution in [3.05, 3.63) is 35.4 Å². The van der Waals surface area contributed by atoms with Gasteiger partial charge in [-0.1, -0.05) is 37.1 Å². The third-order valence-corrected chi connectivity index (χ3v) is 3.82. The number of ether oxygens (including phenoxy) is 1. The van der Waals surface area contributed by atoms with Crippen molar-refractivity contribution in [1.82, 2.24) is 5.32 Å². The van der Waals surface area contributed by atoms with E-state index in [9.17, 15) is 0 Å². The number of benzene rings is 1. The zero-order chi connectivity index (χ0) is 12.1. The van der Waals surface area contributed by atoms with Crippen LogP contribution in [0.1, 0.15) is 36.8 Å². The number of methoxy groups -OCH3 is 1. The summed E-state index contributed by atoms with van der Waals surface area (Å²) in [5.41, 5.74) is 2.76. The van der Waals surface area contributed by atoms with Gasteiger partial charge in [0.15, 0.2) is 0 Å². The van der Waals surface area contributed by atoms with Crippen LogP contribution in [-0.4, -0.2) is 19.3 Å². The Morgan fingerprint density at radius 1 is 1.24 bits per heavy atom. The van der Waals surface area contributed by atoms with E-state index in [-0.39, 0.29) is 0 Å². The van der Waals surface area contributed by atoms with Crippen LogP contribution in [0.2, 0.25) is 0 Å². The van der Waals surface area contributed by atoms with E-state index in [1.165, 1.54) is 36.8 Å². The molecule has 0 bridgehead atoms. The van der Waals surface area contributed by atoms with Crippen molar-refractivity contribution in [2.75, 3.05) is 7.11 Å². The van der Waals surface area contributed by atoms with Crippen LogP contribution in [0.15, 0.2) is 24.3 Å². The number of rotatable bonds is 4. The molecule has 0 amide bonds. The van der Waals surface area contributed by atoms with Crippen molar-refractivity contribution in [3.63, 3.8) is 0 Å². The molecule has 1 aliphatic rings. The molecule has 2 nitrogen and oxygen atoms in total. The molecule has 1 aliphatic carbocycles. The average molecular weight is 233 g/mol. The lowest BCUT2D eigenvalue weighted by Crippen LogP contribution is -2.42. The molecule has 0 aromatic heterocycles. The molecular weight excluding hydrogens is 210 g/mol. The molecule has 1 fully saturated rings. The fraction of sp³-hybridized carbons (Fsp3) is 0.600. The number of hydrogen-bond donors (Lipinski definition) is 1. The van der Waals surface area contributed by atoms with Crippen molar-refractivity contribution in [3.8, 4) is 0 Å². The monoisotopic (exact) mass is 233 g/mol. The van der Waals surface area contributed by atoms with Gasteiger partial charge in [-0.2, -0.15) is 0 Å². The zero-order valence-electron chi connectivity index (χ0n) is 10.9. The molecule has 2 heteroatoms. The zero-order valence-corrected chi connectivity index (χ0v) is 10.9. The molecule has 0 aliphatic heterocycles. The van der Waals surface area contributed by atoms with E-state index >= 15 is 0 Å². The van der Waals surface area contributed by atoms with E-state index in [1.54, 1.807) is 0 Å². The first-order chi connectivity index (χ1) is 8.31. The molecule has 1 aromatic rings. The summed E-state index contributed by atoms with van der Waals surface area (Å²) in [5, 5.41) is 3.65. The summed E-state index contributed by atoms with van der Waals surface area (Å²) < 4.78 is 5.56. The van der Waals surface area contributed by atoms with E-state index in [1.807, 2.05) is 7.11 Å². The minimum atomic E-state index is 0.396. The summed E-state index contributed by atoms with van der Waals surface area (Å²) in [4.78, 5) is 0. The predicted molar refractivity (Wildman–Crippen MR) is 71.1 cm³/mol. The molecule has 2 rings (SSSR count). The smallest absolute Gasteiger partial charge is 0.0724 e. The molecule has 94 valence electrons. The average Bonchev–Trinajstić information content (AvgIpc) is 2.38. The quantitative estimate of drug-likeness (QED) is 0.863. The Bertz CT molecular complexity index is 351. The Kier molecular flexibility index (Phi) is 4.57. The maximum absolute atomic E-state index is 5.56. The Balaban J connectivity index is 1.90. The number of aryl methyl sites for hydroxylation is 1. The maximum Gasteiger partial charge on any atom is 0.0724 e. The summed E-state index contributed by atoms with van der Waals surface area (Å²) in [6, 6.07) is 9.10. The van der Waals surface area contributed by atoms with Crippen LogP contribution in [0.4, 0.5) is 0 Å². The fourth-order valence-electron chi connectivity index (χ4n) is 2.66. The molecule has 17 heavy (non-hydrogen) atoms. The largest absolute Gasteiger partial charge is 0.380 e. The van der Waals surface area contributed by atoms with E-state index in [0.29, 0.717) is 12.1 Å². The van der Waals surface area contributed by atoms with Crippen LogP contribution < -0.4 is 5.32 Å². The van der Waals surface area contributed by atoms with Crippen molar-refractivity contribution in [1.29, 1.82) is 0 Å². The van der Waals surface area contributed by atoms with Gasteiger partial charge in [0, 0.05) is 19.7 Å². The van der Waals surface area contributed by atoms with Crippen LogP contribution in [-0.2, 0) is 11.3 Å². The van der Waals surface area contributed by atoms with Gasteiger partial charge in [0.25, 0.3) is 0 Å². The summed E-state index contributed by atoms with van der Waals surface area (Å²) in [6.07, 6.45) is 5.46. The number of nitrogens with one attached hydrogen (secondary N) is 1. The summed E-state index contributed by atoms with van der Waals surface area (Å²) in [6.45, 7) is 3.13. The fourth-order valence-corrected chi connectivity index (χ4v) is 2.66. The minimum absolute atomic E-state index is 0.396. The molecule has 0 saturated heterocycles. The second-order valence-electron chi connectivity index (χ2n) is 4.97. The first-order valence-corrected chi connectivity index (χ1v) is 6.62. The highest BCUT2D eigenvalue weighted by Crippen LogP contribution is 2.21. The minimum Gasteiger partial charge on any atom is -0.380 e. The third kappa shape index (κ3) is 3.30. The second-order valence-corrected chi connectivity index (χ2v) is 4.97. The van der Waals surface area contributed by atoms with E-state index in [2.05, 4.69) is 36.5 Å². The lowest BCUT2D eigenvalue weighted by Gasteiger charge is -2.31. The Morgan fingerprint density at radius 3 is 2.76 bits per heavy atom. The van der Waals surface area contributed by atoms with Gasteiger partial charge in [-0.05, 0) is 30.9 Å². The third-order valence-electron chi connectivity index (χ3n) is 3.82. The summed E-state index contributed by atoms with van der Waals surface area (Å²) in [5.74, 6) is 0. The van der Waals surface area contributed by atoms with Crippen molar-refractivity contribution >= 4 is 0 Å². The summed E-state index contributed by atoms with van der Waals surface area (Å²) in [7, 11) is 1.83. The van der Waals surface area contributed by atoms with Crippen LogP contribution >= 0.6 is 0 Å². The molecule has 2 unspecified atom stereocenters. The Labute approximate surface area is 104 Å². The van der Waals surface area contributed by atoms with E-state index in [4.69, 9.17) is 4.74 Å². The van der Waals surface area contributed by atoms with Crippen molar-refractivity contribution < 1.29 is 4.74 Å². The first kappa shape index (κ1) is 12.6. The van der Waals surface area contributed by atoms with Gasteiger partial charge in [0.05, 0.1) is 6.10 Å². The van der Waals surface area contributed by atoms with E-state index < -0.39 is 0 Å². The van der Waals surface area contributed by atoms with Crippen LogP contribution in [0.3, 0.4) is 0 Å². The van der Waals surface area contributed by atoms with Crippen LogP contribution in [0.25, 0.3) is 0 Å². The Morgan fingerprint density at radius 2 is 2.00 bits per heavy atom. The molecule has 0 heterocycles. The molecule has 1 N–H and O–H groups in total. The SMILES string of the molecule is COC1CCCCC1NCc1ccccc1C. The highest BCUT2D eigenvalue weighted by molar-refractivity contribution is 5.25. The van der Waals surface area contributed by atoms with Gasteiger partial charge in [0.2, 0.25) is 0 Å². The molecule has 0 radical (unpaired) electrons. The highest BCUT2D eigenvalue weighted by Gasteiger charge is 2.24. The van der Waals surface area contributed by atoms with Gasteiger partial charge in [-0.25, -0.2) is 0 Å². The van der Waals surface area contributed by atoms with Crippen molar-refractivity contribution in [2.24, 2.45) is 0 Å². The maximum atomic E-state index is 5.56. The standard InChI is InChI=1S/C15H23NO/c1-12-7-3-4-8-13(12)11-16-14-9-5-6-10-15(14)17-2/h3-4,7-8,14-16H,5-6,9-11H2,1-2H3. The van der Waals surface area contributed by atoms with Crippen LogP contribution in [0.5, 0.6) is 0 Å². The molecule has 1 saturated carbocycles. The Hall–Kier alpha value is -0.860. The molecule has 0 spiro atoms. The first-order valence-electron chi connectivity index (χ1n) is 6.62. The van der Waals surface area contributed by atoms with Crippen LogP contribution in [0, 0.1) is 6.92 Å². The topological polar surface area (TPSA) is 21.3 Å². The van der Waals surface area contributed by atoms with Gasteiger partial charge >= 0.3 is 0 Å². The van der Waals surface area contributed by atoms with Gasteiger partial charge in [-0.3, -0.25) is 0 Å². The molecule has 2 atom stereocenters. The normalized spacial score (nSPS) is 24.8. The molecule has 1 aromatic carbocycles. The summed E-state index contributed by atoms with van der Waals surface area (Å²) >= 11 is 0. The predicted octanol–water partition coefficient (Wildman–Crippen LogP) is 3.04. The molecular formula is C15H23NO. The van der Waals surface area contributed by atoms with Gasteiger partial charge < -0.3 is 10.1 Å².